The summed E-state index contributed by atoms with van der Waals surface area (Å²) in [6.45, 7) is 3.51. The second-order valence-electron chi connectivity index (χ2n) is 6.86. The van der Waals surface area contributed by atoms with Gasteiger partial charge in [-0.1, -0.05) is 36.8 Å². The van der Waals surface area contributed by atoms with E-state index < -0.39 is 18.5 Å². The van der Waals surface area contributed by atoms with Crippen molar-refractivity contribution in [2.24, 2.45) is 12.5 Å². The van der Waals surface area contributed by atoms with E-state index in [9.17, 15) is 14.4 Å². The maximum Gasteiger partial charge on any atom is 0.360 e. The lowest BCUT2D eigenvalue weighted by atomic mass is 9.78. The Morgan fingerprint density at radius 1 is 1.42 bits per heavy atom. The van der Waals surface area contributed by atoms with E-state index in [1.54, 1.807) is 7.05 Å². The van der Waals surface area contributed by atoms with E-state index in [0.717, 1.165) is 11.3 Å². The van der Waals surface area contributed by atoms with Crippen LogP contribution in [-0.4, -0.2) is 39.0 Å². The monoisotopic (exact) mass is 396 g/mol. The number of rotatable bonds is 4. The Balaban J connectivity index is 1.60. The Bertz CT molecular complexity index is 902. The van der Waals surface area contributed by atoms with Gasteiger partial charge in [0.15, 0.2) is 23.2 Å². The molecule has 0 unspecified atom stereocenters. The van der Waals surface area contributed by atoms with Crippen LogP contribution in [0.2, 0.25) is 5.02 Å². The minimum atomic E-state index is -0.791. The molecule has 2 heterocycles. The lowest BCUT2D eigenvalue weighted by molar-refractivity contribution is -0.119. The number of carbonyl (C=O) groups excluding carboxylic acids is 3. The summed E-state index contributed by atoms with van der Waals surface area (Å²) in [6, 6.07) is 0. The number of nitrogens with zero attached hydrogens (tertiary/aromatic N) is 3. The highest BCUT2D eigenvalue weighted by Gasteiger charge is 2.34. The molecule has 0 radical (unpaired) electrons. The Morgan fingerprint density at radius 3 is 2.81 bits per heavy atom. The van der Waals surface area contributed by atoms with Crippen molar-refractivity contribution in [1.82, 2.24) is 14.8 Å². The molecule has 0 bridgehead atoms. The van der Waals surface area contributed by atoms with Crippen molar-refractivity contribution in [3.05, 3.63) is 27.5 Å². The Hall–Kier alpha value is -2.26. The minimum Gasteiger partial charge on any atom is -0.451 e. The van der Waals surface area contributed by atoms with Crippen molar-refractivity contribution in [2.45, 2.75) is 26.7 Å². The molecule has 0 aliphatic heterocycles. The van der Waals surface area contributed by atoms with Crippen LogP contribution in [0.5, 0.6) is 0 Å². The Morgan fingerprint density at radius 2 is 2.15 bits per heavy atom. The molecule has 3 rings (SSSR count). The van der Waals surface area contributed by atoms with Crippen molar-refractivity contribution in [3.63, 3.8) is 0 Å². The van der Waals surface area contributed by atoms with E-state index in [1.807, 2.05) is 13.8 Å². The molecule has 0 saturated heterocycles. The summed E-state index contributed by atoms with van der Waals surface area (Å²) < 4.78 is 6.28. The van der Waals surface area contributed by atoms with Gasteiger partial charge >= 0.3 is 5.97 Å². The van der Waals surface area contributed by atoms with E-state index in [0.29, 0.717) is 28.5 Å². The van der Waals surface area contributed by atoms with Gasteiger partial charge in [0, 0.05) is 19.7 Å². The first-order valence-corrected chi connectivity index (χ1v) is 9.03. The lowest BCUT2D eigenvalue weighted by Gasteiger charge is -2.26. The van der Waals surface area contributed by atoms with Gasteiger partial charge < -0.3 is 4.74 Å². The number of aryl methyl sites for hydroxylation is 1. The largest absolute Gasteiger partial charge is 0.451 e. The molecule has 0 aromatic carbocycles. The van der Waals surface area contributed by atoms with E-state index in [4.69, 9.17) is 16.3 Å². The molecule has 1 aliphatic carbocycles. The van der Waals surface area contributed by atoms with Crippen LogP contribution in [0.4, 0.5) is 5.13 Å². The number of hydrogen-bond donors (Lipinski definition) is 1. The lowest BCUT2D eigenvalue weighted by Crippen LogP contribution is -2.26. The van der Waals surface area contributed by atoms with Gasteiger partial charge in [0.1, 0.15) is 0 Å². The van der Waals surface area contributed by atoms with Crippen molar-refractivity contribution in [2.75, 3.05) is 11.9 Å². The number of fused-ring (bicyclic) bond motifs is 1. The number of amides is 1. The second kappa shape index (κ2) is 6.81. The first-order valence-electron chi connectivity index (χ1n) is 7.84. The van der Waals surface area contributed by atoms with Gasteiger partial charge in [-0.15, -0.1) is 0 Å². The van der Waals surface area contributed by atoms with E-state index in [-0.39, 0.29) is 21.9 Å². The summed E-state index contributed by atoms with van der Waals surface area (Å²) in [5.74, 6) is -1.31. The van der Waals surface area contributed by atoms with Gasteiger partial charge in [0.25, 0.3) is 5.91 Å². The van der Waals surface area contributed by atoms with Crippen molar-refractivity contribution in [1.29, 1.82) is 0 Å². The van der Waals surface area contributed by atoms with Crippen LogP contribution < -0.4 is 5.32 Å². The summed E-state index contributed by atoms with van der Waals surface area (Å²) in [5, 5.41) is 6.89. The Labute approximate surface area is 158 Å². The molecule has 10 heteroatoms. The van der Waals surface area contributed by atoms with Crippen LogP contribution in [0.25, 0.3) is 0 Å². The molecular weight excluding hydrogens is 380 g/mol. The fourth-order valence-corrected chi connectivity index (χ4v) is 3.92. The fourth-order valence-electron chi connectivity index (χ4n) is 2.73. The zero-order valence-electron chi connectivity index (χ0n) is 14.5. The van der Waals surface area contributed by atoms with Crippen LogP contribution in [-0.2, 0) is 23.0 Å². The Kier molecular flexibility index (Phi) is 4.85. The maximum atomic E-state index is 12.2. The molecule has 0 atom stereocenters. The third-order valence-electron chi connectivity index (χ3n) is 3.79. The normalized spacial score (nSPS) is 15.5. The van der Waals surface area contributed by atoms with E-state index >= 15 is 0 Å². The third kappa shape index (κ3) is 3.94. The van der Waals surface area contributed by atoms with E-state index in [2.05, 4.69) is 15.4 Å². The number of halogens is 1. The number of nitrogens with one attached hydrogen (secondary N) is 1. The highest BCUT2D eigenvalue weighted by atomic mass is 35.5. The average molecular weight is 397 g/mol. The number of aromatic nitrogens is 3. The summed E-state index contributed by atoms with van der Waals surface area (Å²) in [4.78, 5) is 41.0. The molecule has 8 nitrogen and oxygen atoms in total. The van der Waals surface area contributed by atoms with Crippen LogP contribution in [0, 0.1) is 5.41 Å². The quantitative estimate of drug-likeness (QED) is 0.796. The van der Waals surface area contributed by atoms with Crippen LogP contribution >= 0.6 is 22.9 Å². The number of carbonyl (C=O) groups is 3. The summed E-state index contributed by atoms with van der Waals surface area (Å²) in [5.41, 5.74) is 0.500. The van der Waals surface area contributed by atoms with Crippen molar-refractivity contribution >= 4 is 45.7 Å². The topological polar surface area (TPSA) is 103 Å². The number of hydrogen-bond acceptors (Lipinski definition) is 7. The van der Waals surface area contributed by atoms with Gasteiger partial charge in [-0.25, -0.2) is 9.78 Å². The fraction of sp³-hybridized carbons (Fsp3) is 0.438. The van der Waals surface area contributed by atoms with Crippen LogP contribution in [0.15, 0.2) is 6.20 Å². The van der Waals surface area contributed by atoms with Crippen LogP contribution in [0.3, 0.4) is 0 Å². The summed E-state index contributed by atoms with van der Waals surface area (Å²) in [6.07, 6.45) is 2.59. The zero-order valence-corrected chi connectivity index (χ0v) is 16.0. The molecule has 2 aromatic rings. The zero-order chi connectivity index (χ0) is 19.1. The maximum absolute atomic E-state index is 12.2. The number of anilines is 1. The number of thiazole rings is 1. The molecule has 1 amide bonds. The summed E-state index contributed by atoms with van der Waals surface area (Å²) >= 11 is 6.99. The van der Waals surface area contributed by atoms with Crippen LogP contribution in [0.1, 0.15) is 46.1 Å². The first kappa shape index (κ1) is 18.5. The minimum absolute atomic E-state index is 0.0328. The number of Topliss-reactive ketones (excluding diaryl/α,β-unsaturated/α-hetero) is 1. The van der Waals surface area contributed by atoms with Gasteiger partial charge in [0.05, 0.1) is 15.6 Å². The van der Waals surface area contributed by atoms with Gasteiger partial charge in [-0.2, -0.15) is 5.10 Å². The molecule has 1 aliphatic rings. The highest BCUT2D eigenvalue weighted by Crippen LogP contribution is 2.38. The SMILES string of the molecule is Cn1cc(Cl)c(C(=O)OCC(=O)Nc2nc3c(s2)C(=O)CC(C)(C)C3)n1. The molecule has 1 N–H and O–H groups in total. The molecule has 0 spiro atoms. The average Bonchev–Trinajstić information content (AvgIpc) is 3.06. The standard InChI is InChI=1S/C16H17ClN4O4S/c1-16(2)4-9-13(10(22)5-16)26-15(18-9)19-11(23)7-25-14(24)12-8(17)6-21(3)20-12/h6H,4-5,7H2,1-3H3,(H,18,19,23). The molecule has 0 saturated carbocycles. The number of esters is 1. The molecule has 26 heavy (non-hydrogen) atoms. The number of ether oxygens (including phenoxy) is 1. The predicted octanol–water partition coefficient (Wildman–Crippen LogP) is 2.48. The van der Waals surface area contributed by atoms with Crippen molar-refractivity contribution < 1.29 is 19.1 Å². The van der Waals surface area contributed by atoms with Gasteiger partial charge in [-0.3, -0.25) is 19.6 Å². The molecule has 2 aromatic heterocycles. The number of ketones is 1. The smallest absolute Gasteiger partial charge is 0.360 e. The highest BCUT2D eigenvalue weighted by molar-refractivity contribution is 7.17. The van der Waals surface area contributed by atoms with E-state index in [1.165, 1.54) is 10.9 Å². The van der Waals surface area contributed by atoms with Gasteiger partial charge in [-0.05, 0) is 11.8 Å². The third-order valence-corrected chi connectivity index (χ3v) is 5.12. The first-order chi connectivity index (χ1) is 12.1. The van der Waals surface area contributed by atoms with Crippen molar-refractivity contribution in [3.8, 4) is 0 Å². The van der Waals surface area contributed by atoms with Gasteiger partial charge in [0.2, 0.25) is 0 Å². The second-order valence-corrected chi connectivity index (χ2v) is 8.27. The molecule has 0 fully saturated rings. The molecule has 138 valence electrons. The molecular formula is C16H17ClN4O4S. The summed E-state index contributed by atoms with van der Waals surface area (Å²) in [7, 11) is 1.61. The predicted molar refractivity (Wildman–Crippen MR) is 95.7 cm³/mol.